The van der Waals surface area contributed by atoms with E-state index in [1.54, 1.807) is 0 Å². The third kappa shape index (κ3) is 3.18. The second-order valence-corrected chi connectivity index (χ2v) is 5.60. The summed E-state index contributed by atoms with van der Waals surface area (Å²) >= 11 is 0. The summed E-state index contributed by atoms with van der Waals surface area (Å²) < 4.78 is 0. The van der Waals surface area contributed by atoms with E-state index in [0.29, 0.717) is 5.92 Å². The van der Waals surface area contributed by atoms with Crippen LogP contribution in [-0.4, -0.2) is 35.7 Å². The highest BCUT2D eigenvalue weighted by molar-refractivity contribution is 4.79. The third-order valence-corrected chi connectivity index (χ3v) is 4.27. The van der Waals surface area contributed by atoms with Crippen molar-refractivity contribution in [2.75, 3.05) is 19.6 Å². The Balaban J connectivity index is 1.71. The molecule has 1 saturated carbocycles. The van der Waals surface area contributed by atoms with Gasteiger partial charge in [-0.3, -0.25) is 0 Å². The molecule has 2 fully saturated rings. The molecule has 0 amide bonds. The molecular weight excluding hydrogens is 186 g/mol. The predicted octanol–water partition coefficient (Wildman–Crippen LogP) is 2.27. The highest BCUT2D eigenvalue weighted by atomic mass is 16.3. The fourth-order valence-corrected chi connectivity index (χ4v) is 3.00. The third-order valence-electron chi connectivity index (χ3n) is 4.27. The molecule has 88 valence electrons. The Labute approximate surface area is 93.7 Å². The van der Waals surface area contributed by atoms with Gasteiger partial charge in [-0.25, -0.2) is 0 Å². The largest absolute Gasteiger partial charge is 0.392 e. The Hall–Kier alpha value is -0.0800. The molecular formula is C13H25NO. The van der Waals surface area contributed by atoms with Crippen LogP contribution in [0.25, 0.3) is 0 Å². The first-order valence-electron chi connectivity index (χ1n) is 6.66. The second kappa shape index (κ2) is 5.31. The molecule has 2 aliphatic rings. The first kappa shape index (κ1) is 11.4. The molecule has 2 rings (SSSR count). The van der Waals surface area contributed by atoms with E-state index in [0.717, 1.165) is 12.5 Å². The van der Waals surface area contributed by atoms with Crippen LogP contribution in [0.3, 0.4) is 0 Å². The summed E-state index contributed by atoms with van der Waals surface area (Å²) in [7, 11) is 0. The molecule has 0 aromatic rings. The first-order valence-corrected chi connectivity index (χ1v) is 6.66. The van der Waals surface area contributed by atoms with Crippen LogP contribution in [0.5, 0.6) is 0 Å². The number of likely N-dealkylation sites (tertiary alicyclic amines) is 1. The number of hydrogen-bond acceptors (Lipinski definition) is 2. The number of aliphatic hydroxyl groups excluding tert-OH is 1. The monoisotopic (exact) mass is 211 g/mol. The molecule has 1 aliphatic heterocycles. The van der Waals surface area contributed by atoms with Gasteiger partial charge >= 0.3 is 0 Å². The number of hydrogen-bond donors (Lipinski definition) is 1. The van der Waals surface area contributed by atoms with Gasteiger partial charge in [0.25, 0.3) is 0 Å². The topological polar surface area (TPSA) is 23.5 Å². The quantitative estimate of drug-likeness (QED) is 0.774. The van der Waals surface area contributed by atoms with Crippen molar-refractivity contribution in [2.24, 2.45) is 11.8 Å². The molecule has 0 aromatic carbocycles. The summed E-state index contributed by atoms with van der Waals surface area (Å²) in [6.07, 6.45) is 7.75. The van der Waals surface area contributed by atoms with Crippen molar-refractivity contribution in [3.8, 4) is 0 Å². The zero-order valence-corrected chi connectivity index (χ0v) is 9.99. The van der Waals surface area contributed by atoms with Gasteiger partial charge in [-0.05, 0) is 50.6 Å². The van der Waals surface area contributed by atoms with Gasteiger partial charge in [0.1, 0.15) is 0 Å². The zero-order valence-electron chi connectivity index (χ0n) is 9.99. The minimum Gasteiger partial charge on any atom is -0.392 e. The average Bonchev–Trinajstić information content (AvgIpc) is 2.74. The molecule has 1 saturated heterocycles. The van der Waals surface area contributed by atoms with Crippen LogP contribution in [0.2, 0.25) is 0 Å². The maximum Gasteiger partial charge on any atom is 0.0695 e. The van der Waals surface area contributed by atoms with E-state index in [2.05, 4.69) is 11.8 Å². The van der Waals surface area contributed by atoms with E-state index in [1.165, 1.54) is 51.6 Å². The summed E-state index contributed by atoms with van der Waals surface area (Å²) in [6, 6.07) is 0. The fourth-order valence-electron chi connectivity index (χ4n) is 3.00. The maximum atomic E-state index is 10.1. The Morgan fingerprint density at radius 3 is 2.33 bits per heavy atom. The van der Waals surface area contributed by atoms with Crippen LogP contribution in [0.1, 0.15) is 45.4 Å². The highest BCUT2D eigenvalue weighted by Crippen LogP contribution is 2.28. The summed E-state index contributed by atoms with van der Waals surface area (Å²) in [5, 5.41) is 10.1. The molecule has 0 aromatic heterocycles. The summed E-state index contributed by atoms with van der Waals surface area (Å²) in [5.41, 5.74) is 0. The standard InChI is InChI=1S/C13H25NO/c1-11-6-8-14(9-7-11)10-13(15)12-4-2-3-5-12/h11-13,15H,2-10H2,1H3. The van der Waals surface area contributed by atoms with E-state index in [4.69, 9.17) is 0 Å². The molecule has 1 atom stereocenters. The lowest BCUT2D eigenvalue weighted by atomic mass is 9.96. The van der Waals surface area contributed by atoms with Crippen LogP contribution < -0.4 is 0 Å². The molecule has 2 nitrogen and oxygen atoms in total. The zero-order chi connectivity index (χ0) is 10.7. The van der Waals surface area contributed by atoms with Crippen LogP contribution in [-0.2, 0) is 0 Å². The van der Waals surface area contributed by atoms with Gasteiger partial charge in [0.2, 0.25) is 0 Å². The summed E-state index contributed by atoms with van der Waals surface area (Å²) in [6.45, 7) is 5.66. The van der Waals surface area contributed by atoms with Gasteiger partial charge in [-0.15, -0.1) is 0 Å². The number of rotatable bonds is 3. The van der Waals surface area contributed by atoms with Crippen molar-refractivity contribution in [2.45, 2.75) is 51.6 Å². The number of nitrogens with zero attached hydrogens (tertiary/aromatic N) is 1. The maximum absolute atomic E-state index is 10.1. The second-order valence-electron chi connectivity index (χ2n) is 5.60. The van der Waals surface area contributed by atoms with Crippen molar-refractivity contribution in [1.82, 2.24) is 4.90 Å². The Morgan fingerprint density at radius 1 is 1.13 bits per heavy atom. The lowest BCUT2D eigenvalue weighted by molar-refractivity contribution is 0.0529. The molecule has 0 bridgehead atoms. The summed E-state index contributed by atoms with van der Waals surface area (Å²) in [5.74, 6) is 1.49. The average molecular weight is 211 g/mol. The van der Waals surface area contributed by atoms with Crippen LogP contribution in [0, 0.1) is 11.8 Å². The van der Waals surface area contributed by atoms with E-state index < -0.39 is 0 Å². The fraction of sp³-hybridized carbons (Fsp3) is 1.00. The van der Waals surface area contributed by atoms with Crippen molar-refractivity contribution < 1.29 is 5.11 Å². The van der Waals surface area contributed by atoms with Crippen molar-refractivity contribution in [1.29, 1.82) is 0 Å². The SMILES string of the molecule is CC1CCN(CC(O)C2CCCC2)CC1. The Morgan fingerprint density at radius 2 is 1.73 bits per heavy atom. The number of β-amino-alcohol motifs (C(OH)–C–C–N with tert-alkyl or cyclic N) is 1. The lowest BCUT2D eigenvalue weighted by Gasteiger charge is -2.33. The minimum absolute atomic E-state index is 0.0547. The molecule has 1 aliphatic carbocycles. The van der Waals surface area contributed by atoms with Crippen LogP contribution in [0.15, 0.2) is 0 Å². The van der Waals surface area contributed by atoms with Gasteiger partial charge in [0.15, 0.2) is 0 Å². The van der Waals surface area contributed by atoms with Gasteiger partial charge in [0.05, 0.1) is 6.10 Å². The van der Waals surface area contributed by atoms with E-state index in [-0.39, 0.29) is 6.10 Å². The van der Waals surface area contributed by atoms with Gasteiger partial charge in [0, 0.05) is 6.54 Å². The normalized spacial score (nSPS) is 28.4. The molecule has 2 heteroatoms. The first-order chi connectivity index (χ1) is 7.25. The number of aliphatic hydroxyl groups is 1. The molecule has 1 unspecified atom stereocenters. The van der Waals surface area contributed by atoms with Gasteiger partial charge in [-0.2, -0.15) is 0 Å². The van der Waals surface area contributed by atoms with E-state index >= 15 is 0 Å². The molecule has 1 N–H and O–H groups in total. The van der Waals surface area contributed by atoms with Crippen LogP contribution >= 0.6 is 0 Å². The minimum atomic E-state index is -0.0547. The van der Waals surface area contributed by atoms with E-state index in [9.17, 15) is 5.11 Å². The van der Waals surface area contributed by atoms with Crippen molar-refractivity contribution >= 4 is 0 Å². The molecule has 1 heterocycles. The molecule has 0 radical (unpaired) electrons. The van der Waals surface area contributed by atoms with Gasteiger partial charge < -0.3 is 10.0 Å². The summed E-state index contributed by atoms with van der Waals surface area (Å²) in [4.78, 5) is 2.46. The molecule has 0 spiro atoms. The van der Waals surface area contributed by atoms with Crippen LogP contribution in [0.4, 0.5) is 0 Å². The van der Waals surface area contributed by atoms with Gasteiger partial charge in [-0.1, -0.05) is 19.8 Å². The van der Waals surface area contributed by atoms with Crippen molar-refractivity contribution in [3.05, 3.63) is 0 Å². The Bertz CT molecular complexity index is 181. The highest BCUT2D eigenvalue weighted by Gasteiger charge is 2.26. The molecule has 15 heavy (non-hydrogen) atoms. The predicted molar refractivity (Wildman–Crippen MR) is 62.8 cm³/mol. The van der Waals surface area contributed by atoms with E-state index in [1.807, 2.05) is 0 Å². The smallest absolute Gasteiger partial charge is 0.0695 e. The lowest BCUT2D eigenvalue weighted by Crippen LogP contribution is -2.40. The Kier molecular flexibility index (Phi) is 4.04. The number of piperidine rings is 1. The van der Waals surface area contributed by atoms with Crippen molar-refractivity contribution in [3.63, 3.8) is 0 Å².